The van der Waals surface area contributed by atoms with E-state index in [1.54, 1.807) is 0 Å². The molecule has 1 fully saturated rings. The molecule has 1 aliphatic heterocycles. The molecule has 0 aromatic rings. The molecular weight excluding hydrogens is 200 g/mol. The van der Waals surface area contributed by atoms with Gasteiger partial charge in [-0.3, -0.25) is 4.79 Å². The van der Waals surface area contributed by atoms with Crippen LogP contribution in [0.5, 0.6) is 0 Å². The molecule has 0 amide bonds. The number of hydrogen-bond donors (Lipinski definition) is 1. The molecule has 1 N–H and O–H groups in total. The van der Waals surface area contributed by atoms with Gasteiger partial charge in [-0.15, -0.1) is 0 Å². The smallest absolute Gasteiger partial charge is 0.148 e. The van der Waals surface area contributed by atoms with Crippen molar-refractivity contribution in [3.05, 3.63) is 12.2 Å². The first-order valence-corrected chi connectivity index (χ1v) is 6.34. The molecule has 92 valence electrons. The number of nitrogens with zero attached hydrogens (tertiary/aromatic N) is 1. The molecule has 0 aliphatic carbocycles. The fourth-order valence-electron chi connectivity index (χ4n) is 2.07. The lowest BCUT2D eigenvalue weighted by Gasteiger charge is -2.21. The number of Topliss-reactive ketones (excluding diaryl/α,β-unsaturated/α-hetero) is 1. The Labute approximate surface area is 98.9 Å². The first-order chi connectivity index (χ1) is 7.76. The summed E-state index contributed by atoms with van der Waals surface area (Å²) in [6.07, 6.45) is 7.26. The van der Waals surface area contributed by atoms with Crippen LogP contribution in [-0.4, -0.2) is 42.9 Å². The molecule has 0 saturated carbocycles. The summed E-state index contributed by atoms with van der Waals surface area (Å²) >= 11 is 0. The van der Waals surface area contributed by atoms with E-state index >= 15 is 0 Å². The van der Waals surface area contributed by atoms with Crippen molar-refractivity contribution < 1.29 is 4.79 Å². The minimum absolute atomic E-state index is 0.363. The number of carbonyl (C=O) groups is 1. The van der Waals surface area contributed by atoms with Crippen LogP contribution in [-0.2, 0) is 4.79 Å². The maximum atomic E-state index is 11.1. The highest BCUT2D eigenvalue weighted by Gasteiger charge is 2.21. The molecular formula is C13H24N2O. The topological polar surface area (TPSA) is 32.3 Å². The fraction of sp³-hybridized carbons (Fsp3) is 0.769. The fourth-order valence-corrected chi connectivity index (χ4v) is 2.07. The van der Waals surface area contributed by atoms with Crippen molar-refractivity contribution in [1.82, 2.24) is 10.2 Å². The Bertz CT molecular complexity index is 238. The van der Waals surface area contributed by atoms with Crippen LogP contribution in [0.1, 0.15) is 33.1 Å². The largest absolute Gasteiger partial charge is 0.307 e. The number of allylic oxidation sites excluding steroid dienone is 1. The van der Waals surface area contributed by atoms with E-state index in [1.165, 1.54) is 0 Å². The standard InChI is InChI=1S/C13H24N2O/c1-3-5-6-8-15(4-2)9-7-12-10-13(16)11-14-12/h3,5,12,14H,4,6-11H2,1-2H3/b5-3-. The third kappa shape index (κ3) is 4.90. The van der Waals surface area contributed by atoms with Crippen LogP contribution in [0.15, 0.2) is 12.2 Å². The van der Waals surface area contributed by atoms with Crippen molar-refractivity contribution in [3.63, 3.8) is 0 Å². The van der Waals surface area contributed by atoms with Gasteiger partial charge in [0, 0.05) is 19.0 Å². The maximum absolute atomic E-state index is 11.1. The Morgan fingerprint density at radius 2 is 2.31 bits per heavy atom. The Kier molecular flexibility index (Phi) is 6.34. The summed E-state index contributed by atoms with van der Waals surface area (Å²) in [5, 5.41) is 3.26. The van der Waals surface area contributed by atoms with E-state index in [0.717, 1.165) is 38.9 Å². The predicted molar refractivity (Wildman–Crippen MR) is 67.6 cm³/mol. The van der Waals surface area contributed by atoms with Gasteiger partial charge in [0.05, 0.1) is 6.54 Å². The van der Waals surface area contributed by atoms with Crippen LogP contribution in [0, 0.1) is 0 Å². The van der Waals surface area contributed by atoms with Gasteiger partial charge in [0.2, 0.25) is 0 Å². The Morgan fingerprint density at radius 3 is 2.88 bits per heavy atom. The van der Waals surface area contributed by atoms with Gasteiger partial charge < -0.3 is 10.2 Å². The van der Waals surface area contributed by atoms with E-state index in [1.807, 2.05) is 0 Å². The number of carbonyl (C=O) groups excluding carboxylic acids is 1. The summed E-state index contributed by atoms with van der Waals surface area (Å²) in [5.41, 5.74) is 0. The van der Waals surface area contributed by atoms with Gasteiger partial charge in [0.25, 0.3) is 0 Å². The van der Waals surface area contributed by atoms with Crippen molar-refractivity contribution in [2.24, 2.45) is 0 Å². The molecule has 0 spiro atoms. The third-order valence-corrected chi connectivity index (χ3v) is 3.15. The van der Waals surface area contributed by atoms with Crippen molar-refractivity contribution in [2.45, 2.75) is 39.2 Å². The van der Waals surface area contributed by atoms with Crippen molar-refractivity contribution in [2.75, 3.05) is 26.2 Å². The molecule has 0 aromatic heterocycles. The lowest BCUT2D eigenvalue weighted by molar-refractivity contribution is -0.116. The van der Waals surface area contributed by atoms with Crippen LogP contribution < -0.4 is 5.32 Å². The highest BCUT2D eigenvalue weighted by molar-refractivity contribution is 5.83. The van der Waals surface area contributed by atoms with Gasteiger partial charge in [-0.2, -0.15) is 0 Å². The molecule has 1 saturated heterocycles. The average Bonchev–Trinajstić information content (AvgIpc) is 2.69. The van der Waals surface area contributed by atoms with Crippen LogP contribution in [0.4, 0.5) is 0 Å². The second-order valence-corrected chi connectivity index (χ2v) is 4.40. The van der Waals surface area contributed by atoms with Gasteiger partial charge in [-0.25, -0.2) is 0 Å². The monoisotopic (exact) mass is 224 g/mol. The highest BCUT2D eigenvalue weighted by Crippen LogP contribution is 2.07. The average molecular weight is 224 g/mol. The third-order valence-electron chi connectivity index (χ3n) is 3.15. The lowest BCUT2D eigenvalue weighted by Crippen LogP contribution is -2.31. The Morgan fingerprint density at radius 1 is 1.50 bits per heavy atom. The van der Waals surface area contributed by atoms with E-state index in [0.29, 0.717) is 18.4 Å². The molecule has 0 bridgehead atoms. The Balaban J connectivity index is 2.15. The number of rotatable bonds is 7. The summed E-state index contributed by atoms with van der Waals surface area (Å²) in [6.45, 7) is 8.15. The van der Waals surface area contributed by atoms with Gasteiger partial charge >= 0.3 is 0 Å². The van der Waals surface area contributed by atoms with Crippen LogP contribution in [0.25, 0.3) is 0 Å². The summed E-state index contributed by atoms with van der Waals surface area (Å²) in [7, 11) is 0. The van der Waals surface area contributed by atoms with Gasteiger partial charge in [-0.05, 0) is 32.9 Å². The van der Waals surface area contributed by atoms with Crippen molar-refractivity contribution >= 4 is 5.78 Å². The molecule has 1 aliphatic rings. The van der Waals surface area contributed by atoms with E-state index in [4.69, 9.17) is 0 Å². The van der Waals surface area contributed by atoms with E-state index in [-0.39, 0.29) is 0 Å². The second kappa shape index (κ2) is 7.58. The van der Waals surface area contributed by atoms with E-state index in [2.05, 4.69) is 36.2 Å². The normalized spacial score (nSPS) is 21.4. The molecule has 1 atom stereocenters. The summed E-state index contributed by atoms with van der Waals surface area (Å²) in [6, 6.07) is 0.420. The molecule has 1 unspecified atom stereocenters. The summed E-state index contributed by atoms with van der Waals surface area (Å²) < 4.78 is 0. The zero-order chi connectivity index (χ0) is 11.8. The van der Waals surface area contributed by atoms with Crippen LogP contribution in [0.3, 0.4) is 0 Å². The first-order valence-electron chi connectivity index (χ1n) is 6.34. The minimum Gasteiger partial charge on any atom is -0.307 e. The summed E-state index contributed by atoms with van der Waals surface area (Å²) in [4.78, 5) is 13.5. The number of nitrogens with one attached hydrogen (secondary N) is 1. The summed E-state index contributed by atoms with van der Waals surface area (Å²) in [5.74, 6) is 0.363. The molecule has 3 nitrogen and oxygen atoms in total. The van der Waals surface area contributed by atoms with Crippen LogP contribution in [0.2, 0.25) is 0 Å². The molecule has 16 heavy (non-hydrogen) atoms. The molecule has 3 heteroatoms. The lowest BCUT2D eigenvalue weighted by atomic mass is 10.1. The first kappa shape index (κ1) is 13.4. The van der Waals surface area contributed by atoms with Crippen molar-refractivity contribution in [3.8, 4) is 0 Å². The molecule has 1 rings (SSSR count). The van der Waals surface area contributed by atoms with Gasteiger partial charge in [0.15, 0.2) is 0 Å². The number of ketones is 1. The molecule has 1 heterocycles. The van der Waals surface area contributed by atoms with Crippen LogP contribution >= 0.6 is 0 Å². The maximum Gasteiger partial charge on any atom is 0.148 e. The van der Waals surface area contributed by atoms with E-state index < -0.39 is 0 Å². The quantitative estimate of drug-likeness (QED) is 0.667. The SMILES string of the molecule is C/C=C\CCN(CC)CCC1CC(=O)CN1. The molecule has 0 aromatic carbocycles. The zero-order valence-electron chi connectivity index (χ0n) is 10.5. The van der Waals surface area contributed by atoms with Crippen molar-refractivity contribution in [1.29, 1.82) is 0 Å². The zero-order valence-corrected chi connectivity index (χ0v) is 10.5. The second-order valence-electron chi connectivity index (χ2n) is 4.40. The van der Waals surface area contributed by atoms with Gasteiger partial charge in [-0.1, -0.05) is 19.1 Å². The Hall–Kier alpha value is -0.670. The molecule has 0 radical (unpaired) electrons. The highest BCUT2D eigenvalue weighted by atomic mass is 16.1. The van der Waals surface area contributed by atoms with E-state index in [9.17, 15) is 4.79 Å². The minimum atomic E-state index is 0.363. The number of hydrogen-bond acceptors (Lipinski definition) is 3. The van der Waals surface area contributed by atoms with Gasteiger partial charge in [0.1, 0.15) is 5.78 Å². The predicted octanol–water partition coefficient (Wildman–Crippen LogP) is 1.60.